The van der Waals surface area contributed by atoms with Gasteiger partial charge in [0.25, 0.3) is 0 Å². The lowest BCUT2D eigenvalue weighted by atomic mass is 9.93. The van der Waals surface area contributed by atoms with Gasteiger partial charge in [-0.25, -0.2) is 0 Å². The minimum Gasteiger partial charge on any atom is -0.392 e. The van der Waals surface area contributed by atoms with E-state index in [0.29, 0.717) is 0 Å². The van der Waals surface area contributed by atoms with E-state index in [1.54, 1.807) is 0 Å². The summed E-state index contributed by atoms with van der Waals surface area (Å²) >= 11 is 0. The first-order chi connectivity index (χ1) is 10.3. The molecule has 0 aliphatic heterocycles. The number of aliphatic hydroxyl groups excluding tert-OH is 1. The van der Waals surface area contributed by atoms with Crippen LogP contribution in [0.4, 0.5) is 0 Å². The molecule has 0 amide bonds. The SMILES string of the molecule is CC(O)CN(CCCNC1CCCCC1)C1CCCCC1. The van der Waals surface area contributed by atoms with Crippen LogP contribution in [0.25, 0.3) is 0 Å². The average Bonchev–Trinajstić information content (AvgIpc) is 2.52. The van der Waals surface area contributed by atoms with E-state index in [9.17, 15) is 5.11 Å². The third-order valence-corrected chi connectivity index (χ3v) is 5.25. The number of rotatable bonds is 8. The van der Waals surface area contributed by atoms with Crippen molar-refractivity contribution in [1.82, 2.24) is 10.2 Å². The molecule has 1 unspecified atom stereocenters. The topological polar surface area (TPSA) is 35.5 Å². The highest BCUT2D eigenvalue weighted by Crippen LogP contribution is 2.23. The third-order valence-electron chi connectivity index (χ3n) is 5.25. The molecule has 1 atom stereocenters. The van der Waals surface area contributed by atoms with E-state index < -0.39 is 0 Å². The van der Waals surface area contributed by atoms with Crippen molar-refractivity contribution in [2.45, 2.75) is 95.7 Å². The second-order valence-corrected chi connectivity index (χ2v) is 7.28. The Bertz CT molecular complexity index is 258. The van der Waals surface area contributed by atoms with Gasteiger partial charge in [-0.1, -0.05) is 38.5 Å². The molecular weight excluding hydrogens is 260 g/mol. The molecule has 0 heterocycles. The Morgan fingerprint density at radius 3 is 2.24 bits per heavy atom. The lowest BCUT2D eigenvalue weighted by Crippen LogP contribution is -2.42. The Morgan fingerprint density at radius 1 is 1.00 bits per heavy atom. The van der Waals surface area contributed by atoms with E-state index in [-0.39, 0.29) is 6.10 Å². The van der Waals surface area contributed by atoms with Crippen LogP contribution in [0.3, 0.4) is 0 Å². The van der Waals surface area contributed by atoms with Crippen LogP contribution in [-0.4, -0.2) is 47.8 Å². The summed E-state index contributed by atoms with van der Waals surface area (Å²) in [5, 5.41) is 13.5. The first kappa shape index (κ1) is 17.2. The molecule has 21 heavy (non-hydrogen) atoms. The van der Waals surface area contributed by atoms with Gasteiger partial charge in [-0.15, -0.1) is 0 Å². The maximum absolute atomic E-state index is 9.76. The molecule has 2 rings (SSSR count). The zero-order chi connectivity index (χ0) is 14.9. The average molecular weight is 296 g/mol. The lowest BCUT2D eigenvalue weighted by Gasteiger charge is -2.35. The molecule has 0 bridgehead atoms. The minimum absolute atomic E-state index is 0.196. The fourth-order valence-electron chi connectivity index (χ4n) is 4.10. The smallest absolute Gasteiger partial charge is 0.0639 e. The largest absolute Gasteiger partial charge is 0.392 e. The van der Waals surface area contributed by atoms with Gasteiger partial charge in [-0.3, -0.25) is 4.90 Å². The first-order valence-corrected chi connectivity index (χ1v) is 9.41. The van der Waals surface area contributed by atoms with Crippen LogP contribution in [0.5, 0.6) is 0 Å². The van der Waals surface area contributed by atoms with Crippen LogP contribution in [0.2, 0.25) is 0 Å². The van der Waals surface area contributed by atoms with Crippen LogP contribution < -0.4 is 5.32 Å². The molecule has 3 heteroatoms. The second-order valence-electron chi connectivity index (χ2n) is 7.28. The van der Waals surface area contributed by atoms with Crippen LogP contribution in [0.1, 0.15) is 77.6 Å². The number of hydrogen-bond donors (Lipinski definition) is 2. The molecule has 0 aromatic rings. The Hall–Kier alpha value is -0.120. The van der Waals surface area contributed by atoms with Crippen molar-refractivity contribution in [3.8, 4) is 0 Å². The van der Waals surface area contributed by atoms with Crippen LogP contribution in [-0.2, 0) is 0 Å². The second kappa shape index (κ2) is 9.81. The van der Waals surface area contributed by atoms with Crippen molar-refractivity contribution in [3.63, 3.8) is 0 Å². The van der Waals surface area contributed by atoms with E-state index >= 15 is 0 Å². The summed E-state index contributed by atoms with van der Waals surface area (Å²) in [5.74, 6) is 0. The molecule has 3 nitrogen and oxygen atoms in total. The van der Waals surface area contributed by atoms with Gasteiger partial charge in [0.15, 0.2) is 0 Å². The highest BCUT2D eigenvalue weighted by atomic mass is 16.3. The number of aliphatic hydroxyl groups is 1. The predicted octanol–water partition coefficient (Wildman–Crippen LogP) is 3.31. The molecule has 0 spiro atoms. The molecule has 0 aromatic carbocycles. The zero-order valence-corrected chi connectivity index (χ0v) is 14.0. The van der Waals surface area contributed by atoms with E-state index in [1.807, 2.05) is 6.92 Å². The molecular formula is C18H36N2O. The molecule has 124 valence electrons. The van der Waals surface area contributed by atoms with Gasteiger partial charge in [0.1, 0.15) is 0 Å². The van der Waals surface area contributed by atoms with E-state index in [2.05, 4.69) is 10.2 Å². The van der Waals surface area contributed by atoms with E-state index in [0.717, 1.165) is 31.7 Å². The Labute approximate surface area is 131 Å². The molecule has 0 saturated heterocycles. The lowest BCUT2D eigenvalue weighted by molar-refractivity contribution is 0.0812. The summed E-state index contributed by atoms with van der Waals surface area (Å²) in [6.07, 6.45) is 14.9. The summed E-state index contributed by atoms with van der Waals surface area (Å²) in [7, 11) is 0. The van der Waals surface area contributed by atoms with Gasteiger partial charge in [0, 0.05) is 18.6 Å². The van der Waals surface area contributed by atoms with Gasteiger partial charge in [-0.05, 0) is 52.1 Å². The van der Waals surface area contributed by atoms with Crippen LogP contribution in [0.15, 0.2) is 0 Å². The van der Waals surface area contributed by atoms with Crippen molar-refractivity contribution in [2.24, 2.45) is 0 Å². The zero-order valence-electron chi connectivity index (χ0n) is 14.0. The van der Waals surface area contributed by atoms with E-state index in [4.69, 9.17) is 0 Å². The van der Waals surface area contributed by atoms with Gasteiger partial charge >= 0.3 is 0 Å². The molecule has 2 fully saturated rings. The maximum Gasteiger partial charge on any atom is 0.0639 e. The summed E-state index contributed by atoms with van der Waals surface area (Å²) in [6.45, 7) is 5.08. The first-order valence-electron chi connectivity index (χ1n) is 9.41. The Kier molecular flexibility index (Phi) is 8.05. The van der Waals surface area contributed by atoms with Gasteiger partial charge in [0.05, 0.1) is 6.10 Å². The van der Waals surface area contributed by atoms with Gasteiger partial charge in [0.2, 0.25) is 0 Å². The molecule has 0 radical (unpaired) electrons. The fourth-order valence-corrected chi connectivity index (χ4v) is 4.10. The fraction of sp³-hybridized carbons (Fsp3) is 1.00. The highest BCUT2D eigenvalue weighted by Gasteiger charge is 2.21. The van der Waals surface area contributed by atoms with Gasteiger partial charge < -0.3 is 10.4 Å². The van der Waals surface area contributed by atoms with E-state index in [1.165, 1.54) is 70.6 Å². The van der Waals surface area contributed by atoms with Crippen molar-refractivity contribution < 1.29 is 5.11 Å². The molecule has 2 aliphatic carbocycles. The van der Waals surface area contributed by atoms with Crippen LogP contribution in [0, 0.1) is 0 Å². The predicted molar refractivity (Wildman–Crippen MR) is 89.6 cm³/mol. The number of nitrogens with zero attached hydrogens (tertiary/aromatic N) is 1. The normalized spacial score (nSPS) is 23.6. The quantitative estimate of drug-likeness (QED) is 0.675. The Balaban J connectivity index is 1.65. The molecule has 0 aromatic heterocycles. The summed E-state index contributed by atoms with van der Waals surface area (Å²) in [5.41, 5.74) is 0. The minimum atomic E-state index is -0.196. The summed E-state index contributed by atoms with van der Waals surface area (Å²) < 4.78 is 0. The molecule has 2 N–H and O–H groups in total. The Morgan fingerprint density at radius 2 is 1.62 bits per heavy atom. The summed E-state index contributed by atoms with van der Waals surface area (Å²) in [6, 6.07) is 1.50. The maximum atomic E-state index is 9.76. The van der Waals surface area contributed by atoms with Crippen LogP contribution >= 0.6 is 0 Å². The summed E-state index contributed by atoms with van der Waals surface area (Å²) in [4.78, 5) is 2.56. The number of hydrogen-bond acceptors (Lipinski definition) is 3. The van der Waals surface area contributed by atoms with Crippen molar-refractivity contribution >= 4 is 0 Å². The van der Waals surface area contributed by atoms with Gasteiger partial charge in [-0.2, -0.15) is 0 Å². The molecule has 2 saturated carbocycles. The van der Waals surface area contributed by atoms with Crippen molar-refractivity contribution in [1.29, 1.82) is 0 Å². The standard InChI is InChI=1S/C18H36N2O/c1-16(21)15-20(18-11-6-3-7-12-18)14-8-13-19-17-9-4-2-5-10-17/h16-19,21H,2-15H2,1H3. The number of nitrogens with one attached hydrogen (secondary N) is 1. The highest BCUT2D eigenvalue weighted by molar-refractivity contribution is 4.78. The third kappa shape index (κ3) is 6.66. The molecule has 2 aliphatic rings. The van der Waals surface area contributed by atoms with Crippen molar-refractivity contribution in [3.05, 3.63) is 0 Å². The monoisotopic (exact) mass is 296 g/mol. The van der Waals surface area contributed by atoms with Crippen molar-refractivity contribution in [2.75, 3.05) is 19.6 Å².